The Morgan fingerprint density at radius 3 is 2.61 bits per heavy atom. The number of carbonyl (C=O) groups excluding carboxylic acids is 1. The van der Waals surface area contributed by atoms with Gasteiger partial charge in [-0.2, -0.15) is 0 Å². The van der Waals surface area contributed by atoms with Crippen LogP contribution >= 0.6 is 15.9 Å². The summed E-state index contributed by atoms with van der Waals surface area (Å²) in [6.07, 6.45) is 0.200. The maximum absolute atomic E-state index is 12.8. The van der Waals surface area contributed by atoms with Gasteiger partial charge in [-0.05, 0) is 48.6 Å². The first-order valence-corrected chi connectivity index (χ1v) is 9.93. The molecule has 0 bridgehead atoms. The van der Waals surface area contributed by atoms with Gasteiger partial charge in [-0.25, -0.2) is 0 Å². The van der Waals surface area contributed by atoms with Gasteiger partial charge in [0.05, 0.1) is 25.1 Å². The minimum Gasteiger partial charge on any atom is -0.395 e. The molecule has 1 aromatic heterocycles. The van der Waals surface area contributed by atoms with Crippen molar-refractivity contribution in [3.05, 3.63) is 79.5 Å². The molecule has 1 amide bonds. The highest BCUT2D eigenvalue weighted by atomic mass is 79.9. The normalized spacial score (nSPS) is 11.0. The van der Waals surface area contributed by atoms with Crippen LogP contribution in [0.5, 0.6) is 0 Å². The van der Waals surface area contributed by atoms with Crippen LogP contribution in [0.15, 0.2) is 51.7 Å². The molecule has 0 aliphatic rings. The average molecular weight is 443 g/mol. The molecule has 146 valence electrons. The first-order valence-electron chi connectivity index (χ1n) is 9.14. The fourth-order valence-electron chi connectivity index (χ4n) is 3.38. The van der Waals surface area contributed by atoms with E-state index < -0.39 is 0 Å². The second-order valence-corrected chi connectivity index (χ2v) is 7.83. The number of aryl methyl sites for hydroxylation is 2. The zero-order chi connectivity index (χ0) is 20.3. The Bertz CT molecular complexity index is 1080. The van der Waals surface area contributed by atoms with E-state index in [1.807, 2.05) is 56.3 Å². The molecule has 0 radical (unpaired) electrons. The molecule has 0 fully saturated rings. The van der Waals surface area contributed by atoms with Crippen LogP contribution in [0.25, 0.3) is 10.9 Å². The summed E-state index contributed by atoms with van der Waals surface area (Å²) in [5, 5.41) is 10.3. The summed E-state index contributed by atoms with van der Waals surface area (Å²) in [5.74, 6) is -0.138. The Kier molecular flexibility index (Phi) is 6.31. The van der Waals surface area contributed by atoms with Crippen molar-refractivity contribution in [2.24, 2.45) is 0 Å². The van der Waals surface area contributed by atoms with Gasteiger partial charge in [0.15, 0.2) is 0 Å². The minimum atomic E-state index is -0.212. The molecule has 0 aliphatic carbocycles. The molecule has 0 unspecified atom stereocenters. The van der Waals surface area contributed by atoms with E-state index in [0.717, 1.165) is 32.1 Å². The number of rotatable bonds is 6. The number of aromatic nitrogens is 1. The molecule has 3 aromatic rings. The van der Waals surface area contributed by atoms with E-state index in [1.54, 1.807) is 0 Å². The number of hydrogen-bond acceptors (Lipinski definition) is 3. The van der Waals surface area contributed by atoms with Crippen LogP contribution in [-0.4, -0.2) is 34.0 Å². The molecule has 2 aromatic carbocycles. The van der Waals surface area contributed by atoms with Crippen LogP contribution in [0.1, 0.15) is 22.3 Å². The van der Waals surface area contributed by atoms with Gasteiger partial charge in [0.25, 0.3) is 5.56 Å². The van der Waals surface area contributed by atoms with Crippen LogP contribution in [0.2, 0.25) is 0 Å². The summed E-state index contributed by atoms with van der Waals surface area (Å²) in [5.41, 5.74) is 4.10. The molecule has 5 nitrogen and oxygen atoms in total. The number of H-pyrrole nitrogens is 1. The predicted octanol–water partition coefficient (Wildman–Crippen LogP) is 3.47. The number of hydrogen-bond donors (Lipinski definition) is 2. The monoisotopic (exact) mass is 442 g/mol. The number of aromatic amines is 1. The number of aliphatic hydroxyl groups is 1. The number of benzene rings is 2. The molecule has 1 heterocycles. The fourth-order valence-corrected chi connectivity index (χ4v) is 3.81. The van der Waals surface area contributed by atoms with Crippen LogP contribution in [0, 0.1) is 13.8 Å². The van der Waals surface area contributed by atoms with Gasteiger partial charge in [-0.3, -0.25) is 9.59 Å². The van der Waals surface area contributed by atoms with Crippen molar-refractivity contribution in [3.63, 3.8) is 0 Å². The van der Waals surface area contributed by atoms with Gasteiger partial charge in [-0.1, -0.05) is 45.8 Å². The lowest BCUT2D eigenvalue weighted by Crippen LogP contribution is -2.36. The summed E-state index contributed by atoms with van der Waals surface area (Å²) >= 11 is 3.46. The summed E-state index contributed by atoms with van der Waals surface area (Å²) in [7, 11) is 0. The Balaban J connectivity index is 1.89. The standard InChI is InChI=1S/C22H23BrN2O3/c1-14-9-15(2)21-17(10-14)11-18(22(28)24-21)13-25(7-8-26)20(27)12-16-5-3-4-6-19(16)23/h3-6,9-11,26H,7-8,12-13H2,1-2H3,(H,24,28). The minimum absolute atomic E-state index is 0.138. The number of halogens is 1. The van der Waals surface area contributed by atoms with Gasteiger partial charge in [0.2, 0.25) is 5.91 Å². The first kappa shape index (κ1) is 20.3. The zero-order valence-corrected chi connectivity index (χ0v) is 17.5. The lowest BCUT2D eigenvalue weighted by atomic mass is 10.0. The highest BCUT2D eigenvalue weighted by Crippen LogP contribution is 2.20. The third-order valence-corrected chi connectivity index (χ3v) is 5.53. The van der Waals surface area contributed by atoms with E-state index in [4.69, 9.17) is 0 Å². The molecule has 0 atom stereocenters. The van der Waals surface area contributed by atoms with Crippen molar-refractivity contribution in [1.82, 2.24) is 9.88 Å². The van der Waals surface area contributed by atoms with E-state index in [0.29, 0.717) is 5.56 Å². The Morgan fingerprint density at radius 2 is 1.89 bits per heavy atom. The van der Waals surface area contributed by atoms with Gasteiger partial charge >= 0.3 is 0 Å². The topological polar surface area (TPSA) is 73.4 Å². The van der Waals surface area contributed by atoms with Gasteiger partial charge in [0, 0.05) is 16.6 Å². The number of fused-ring (bicyclic) bond motifs is 1. The van der Waals surface area contributed by atoms with E-state index in [2.05, 4.69) is 20.9 Å². The third-order valence-electron chi connectivity index (χ3n) is 4.75. The number of nitrogens with one attached hydrogen (secondary N) is 1. The van der Waals surface area contributed by atoms with E-state index in [-0.39, 0.29) is 37.6 Å². The van der Waals surface area contributed by atoms with Crippen molar-refractivity contribution in [2.45, 2.75) is 26.8 Å². The molecular formula is C22H23BrN2O3. The molecule has 3 rings (SSSR count). The summed E-state index contributed by atoms with van der Waals surface area (Å²) in [6.45, 7) is 4.14. The fraction of sp³-hybridized carbons (Fsp3) is 0.273. The largest absolute Gasteiger partial charge is 0.395 e. The van der Waals surface area contributed by atoms with Crippen LogP contribution in [-0.2, 0) is 17.8 Å². The van der Waals surface area contributed by atoms with Crippen LogP contribution in [0.3, 0.4) is 0 Å². The third kappa shape index (κ3) is 4.51. The van der Waals surface area contributed by atoms with E-state index >= 15 is 0 Å². The molecule has 0 saturated heterocycles. The van der Waals surface area contributed by atoms with Gasteiger partial charge in [0.1, 0.15) is 0 Å². The average Bonchev–Trinajstić information content (AvgIpc) is 2.64. The second-order valence-electron chi connectivity index (χ2n) is 6.98. The summed E-state index contributed by atoms with van der Waals surface area (Å²) < 4.78 is 0.863. The molecule has 0 saturated carbocycles. The zero-order valence-electron chi connectivity index (χ0n) is 16.0. The van der Waals surface area contributed by atoms with Crippen LogP contribution < -0.4 is 5.56 Å². The van der Waals surface area contributed by atoms with Gasteiger partial charge in [-0.15, -0.1) is 0 Å². The van der Waals surface area contributed by atoms with Crippen molar-refractivity contribution in [1.29, 1.82) is 0 Å². The quantitative estimate of drug-likeness (QED) is 0.613. The van der Waals surface area contributed by atoms with E-state index in [1.165, 1.54) is 4.90 Å². The summed E-state index contributed by atoms with van der Waals surface area (Å²) in [6, 6.07) is 13.4. The first-order chi connectivity index (χ1) is 13.4. The van der Waals surface area contributed by atoms with E-state index in [9.17, 15) is 14.7 Å². The van der Waals surface area contributed by atoms with Crippen molar-refractivity contribution in [2.75, 3.05) is 13.2 Å². The van der Waals surface area contributed by atoms with Crippen molar-refractivity contribution in [3.8, 4) is 0 Å². The molecule has 2 N–H and O–H groups in total. The number of pyridine rings is 1. The highest BCUT2D eigenvalue weighted by molar-refractivity contribution is 9.10. The number of amides is 1. The Hall–Kier alpha value is -2.44. The number of nitrogens with zero attached hydrogens (tertiary/aromatic N) is 1. The maximum Gasteiger partial charge on any atom is 0.253 e. The lowest BCUT2D eigenvalue weighted by molar-refractivity contribution is -0.131. The van der Waals surface area contributed by atoms with Gasteiger partial charge < -0.3 is 15.0 Å². The second kappa shape index (κ2) is 8.71. The highest BCUT2D eigenvalue weighted by Gasteiger charge is 2.17. The molecule has 0 spiro atoms. The summed E-state index contributed by atoms with van der Waals surface area (Å²) in [4.78, 5) is 29.9. The smallest absolute Gasteiger partial charge is 0.253 e. The SMILES string of the molecule is Cc1cc(C)c2[nH]c(=O)c(CN(CCO)C(=O)Cc3ccccc3Br)cc2c1. The van der Waals surface area contributed by atoms with Crippen molar-refractivity contribution >= 4 is 32.7 Å². The maximum atomic E-state index is 12.8. The number of aliphatic hydroxyl groups excluding tert-OH is 1. The Labute approximate surface area is 172 Å². The molecule has 6 heteroatoms. The predicted molar refractivity (Wildman–Crippen MR) is 114 cm³/mol. The molecular weight excluding hydrogens is 420 g/mol. The Morgan fingerprint density at radius 1 is 1.14 bits per heavy atom. The van der Waals surface area contributed by atoms with Crippen LogP contribution in [0.4, 0.5) is 0 Å². The number of carbonyl (C=O) groups is 1. The lowest BCUT2D eigenvalue weighted by Gasteiger charge is -2.22. The molecule has 0 aliphatic heterocycles. The molecule has 28 heavy (non-hydrogen) atoms. The van der Waals surface area contributed by atoms with Crippen molar-refractivity contribution < 1.29 is 9.90 Å².